The van der Waals surface area contributed by atoms with Crippen molar-refractivity contribution in [2.24, 2.45) is 0 Å². The van der Waals surface area contributed by atoms with Crippen LogP contribution in [-0.4, -0.2) is 17.2 Å². The topological polar surface area (TPSA) is 58.4 Å². The molecular weight excluding hydrogens is 112 g/mol. The minimum atomic E-state index is -0.692. The van der Waals surface area contributed by atoms with Gasteiger partial charge >= 0.3 is 12.3 Å². The van der Waals surface area contributed by atoms with E-state index in [4.69, 9.17) is 0 Å². The molecule has 8 heavy (non-hydrogen) atoms. The van der Waals surface area contributed by atoms with Gasteiger partial charge in [-0.05, 0) is 5.43 Å². The van der Waals surface area contributed by atoms with Gasteiger partial charge in [0.05, 0.1) is 4.91 Å². The van der Waals surface area contributed by atoms with Gasteiger partial charge in [-0.3, -0.25) is 0 Å². The molecule has 0 saturated carbocycles. The summed E-state index contributed by atoms with van der Waals surface area (Å²) >= 11 is 0. The van der Waals surface area contributed by atoms with Crippen LogP contribution in [-0.2, 0) is 4.74 Å². The van der Waals surface area contributed by atoms with Crippen LogP contribution in [0.5, 0.6) is 0 Å². The van der Waals surface area contributed by atoms with Crippen molar-refractivity contribution in [3.63, 3.8) is 0 Å². The van der Waals surface area contributed by atoms with Gasteiger partial charge < -0.3 is 4.74 Å². The quantitative estimate of drug-likeness (QED) is 0.445. The number of carbonyl (C=O) groups is 1. The summed E-state index contributed by atoms with van der Waals surface area (Å²) in [5.41, 5.74) is 1.88. The Bertz CT molecular complexity index is 143. The van der Waals surface area contributed by atoms with E-state index in [1.165, 1.54) is 6.92 Å². The first-order valence-electron chi connectivity index (χ1n) is 2.14. The molecule has 0 bridgehead atoms. The van der Waals surface area contributed by atoms with Crippen molar-refractivity contribution in [3.05, 3.63) is 4.91 Å². The van der Waals surface area contributed by atoms with E-state index in [1.807, 2.05) is 5.43 Å². The molecule has 5 nitrogen and oxygen atoms in total. The lowest BCUT2D eigenvalue weighted by Gasteiger charge is -1.82. The highest BCUT2D eigenvalue weighted by molar-refractivity contribution is 5.66. The third kappa shape index (κ3) is 0.617. The number of hydrogen-bond donors (Lipinski definition) is 1. The van der Waals surface area contributed by atoms with Gasteiger partial charge in [-0.25, -0.2) is 4.79 Å². The molecule has 0 spiro atoms. The Morgan fingerprint density at radius 1 is 1.88 bits per heavy atom. The monoisotopic (exact) mass is 117 g/mol. The number of nitroso groups, excluding NO2 is 1. The lowest BCUT2D eigenvalue weighted by Crippen LogP contribution is -2.23. The summed E-state index contributed by atoms with van der Waals surface area (Å²) in [6.45, 7) is 1.48. The summed E-state index contributed by atoms with van der Waals surface area (Å²) in [5.74, 6) is 0. The number of hydrazine groups is 1. The molecule has 1 amide bonds. The number of hydrogen-bond acceptors (Lipinski definition) is 3. The van der Waals surface area contributed by atoms with Gasteiger partial charge in [0.1, 0.15) is 0 Å². The maximum absolute atomic E-state index is 10.2. The van der Waals surface area contributed by atoms with Gasteiger partial charge in [0, 0.05) is 6.92 Å². The van der Waals surface area contributed by atoms with Crippen LogP contribution in [0.4, 0.5) is 4.79 Å². The molecule has 5 heteroatoms. The molecule has 1 fully saturated rings. The molecule has 1 N–H and O–H groups in total. The first-order chi connectivity index (χ1) is 3.70. The van der Waals surface area contributed by atoms with E-state index in [2.05, 4.69) is 4.74 Å². The van der Waals surface area contributed by atoms with Gasteiger partial charge in [-0.1, -0.05) is 0 Å². The van der Waals surface area contributed by atoms with E-state index in [0.717, 1.165) is 0 Å². The number of nitrogens with zero attached hydrogens (tertiary/aromatic N) is 1. The van der Waals surface area contributed by atoms with Crippen molar-refractivity contribution < 1.29 is 14.4 Å². The lowest BCUT2D eigenvalue weighted by atomic mass is 10.7. The van der Waals surface area contributed by atoms with E-state index in [0.29, 0.717) is 4.87 Å². The Hall–Kier alpha value is -1.13. The van der Waals surface area contributed by atoms with Gasteiger partial charge in [-0.15, -0.1) is 0 Å². The van der Waals surface area contributed by atoms with Crippen molar-refractivity contribution in [2.45, 2.75) is 13.2 Å². The molecule has 1 aliphatic rings. The Kier molecular flexibility index (Phi) is 0.896. The molecule has 0 aromatic rings. The van der Waals surface area contributed by atoms with Crippen molar-refractivity contribution in [3.8, 4) is 0 Å². The zero-order valence-electron chi connectivity index (χ0n) is 4.25. The van der Waals surface area contributed by atoms with Crippen LogP contribution in [0, 0.1) is 4.91 Å². The van der Waals surface area contributed by atoms with Gasteiger partial charge in [0.25, 0.3) is 0 Å². The van der Waals surface area contributed by atoms with Crippen LogP contribution in [0.15, 0.2) is 0 Å². The summed E-state index contributed by atoms with van der Waals surface area (Å²) in [7, 11) is 0. The largest absolute Gasteiger partial charge is 0.469 e. The number of nitrogens with one attached hydrogen (secondary N) is 1. The van der Waals surface area contributed by atoms with Crippen LogP contribution in [0.1, 0.15) is 6.92 Å². The average molecular weight is 117 g/mol. The molecule has 1 saturated heterocycles. The van der Waals surface area contributed by atoms with E-state index in [9.17, 15) is 9.70 Å². The van der Waals surface area contributed by atoms with Crippen LogP contribution in [0.2, 0.25) is 0 Å². The highest BCUT2D eigenvalue weighted by atomic mass is 16.6. The Morgan fingerprint density at radius 2 is 2.50 bits per heavy atom. The normalized spacial score (nSPS) is 27.4. The molecule has 1 unspecified atom stereocenters. The maximum Gasteiger partial charge on any atom is 0.469 e. The summed E-state index contributed by atoms with van der Waals surface area (Å²) in [6.07, 6.45) is -1.38. The van der Waals surface area contributed by atoms with Crippen molar-refractivity contribution in [1.82, 2.24) is 5.43 Å². The fraction of sp³-hybridized carbons (Fsp3) is 0.667. The second kappa shape index (κ2) is 1.43. The highest BCUT2D eigenvalue weighted by Crippen LogP contribution is 1.97. The van der Waals surface area contributed by atoms with Gasteiger partial charge in [0.15, 0.2) is 4.87 Å². The molecule has 1 rings (SSSR count). The molecule has 1 aliphatic heterocycles. The SMILES string of the molecule is CC1OC(=O)N[N+]1=O. The van der Waals surface area contributed by atoms with Crippen LogP contribution in [0.25, 0.3) is 0 Å². The number of cyclic esters (lactones) is 1. The molecule has 0 aromatic carbocycles. The molecule has 1 atom stereocenters. The van der Waals surface area contributed by atoms with Crippen LogP contribution >= 0.6 is 0 Å². The predicted molar refractivity (Wildman–Crippen MR) is 22.7 cm³/mol. The lowest BCUT2D eigenvalue weighted by molar-refractivity contribution is -0.631. The predicted octanol–water partition coefficient (Wildman–Crippen LogP) is -0.234. The molecule has 0 radical (unpaired) electrons. The molecule has 44 valence electrons. The second-order valence-electron chi connectivity index (χ2n) is 1.44. The molecule has 0 aromatic heterocycles. The molecule has 0 aliphatic carbocycles. The second-order valence-corrected chi connectivity index (χ2v) is 1.44. The minimum Gasteiger partial charge on any atom is -0.376 e. The summed E-state index contributed by atoms with van der Waals surface area (Å²) in [6, 6.07) is 0. The van der Waals surface area contributed by atoms with E-state index >= 15 is 0 Å². The fourth-order valence-corrected chi connectivity index (χ4v) is 0.410. The number of rotatable bonds is 0. The average Bonchev–Trinajstić information content (AvgIpc) is 1.85. The van der Waals surface area contributed by atoms with Crippen LogP contribution in [0.3, 0.4) is 0 Å². The molecule has 1 heterocycles. The standard InChI is InChI=1S/C3H4N2O3/c1-2-5(7)4-3(6)8-2/h2H,1H3/p+1. The summed E-state index contributed by atoms with van der Waals surface area (Å²) in [5, 5.41) is 0. The number of ether oxygens (including phenoxy) is 1. The zero-order valence-corrected chi connectivity index (χ0v) is 4.25. The first-order valence-corrected chi connectivity index (χ1v) is 2.14. The molecular formula is C3H5N2O3+. The minimum absolute atomic E-state index is 0.350. The first kappa shape index (κ1) is 5.02. The Balaban J connectivity index is 2.64. The Labute approximate surface area is 45.2 Å². The third-order valence-corrected chi connectivity index (χ3v) is 0.809. The van der Waals surface area contributed by atoms with Crippen LogP contribution < -0.4 is 5.43 Å². The summed E-state index contributed by atoms with van der Waals surface area (Å²) < 4.78 is 4.34. The maximum atomic E-state index is 10.2. The van der Waals surface area contributed by atoms with E-state index in [1.54, 1.807) is 0 Å². The van der Waals surface area contributed by atoms with E-state index < -0.39 is 12.3 Å². The summed E-state index contributed by atoms with van der Waals surface area (Å²) in [4.78, 5) is 20.7. The van der Waals surface area contributed by atoms with Crippen molar-refractivity contribution in [1.29, 1.82) is 0 Å². The Morgan fingerprint density at radius 3 is 2.62 bits per heavy atom. The highest BCUT2D eigenvalue weighted by Gasteiger charge is 2.35. The number of carbonyl (C=O) groups excluding carboxylic acids is 1. The smallest absolute Gasteiger partial charge is 0.376 e. The number of amides is 1. The van der Waals surface area contributed by atoms with E-state index in [-0.39, 0.29) is 0 Å². The van der Waals surface area contributed by atoms with Gasteiger partial charge in [-0.2, -0.15) is 0 Å². The van der Waals surface area contributed by atoms with Crippen molar-refractivity contribution >= 4 is 6.09 Å². The van der Waals surface area contributed by atoms with Crippen molar-refractivity contribution in [2.75, 3.05) is 0 Å². The fourth-order valence-electron chi connectivity index (χ4n) is 0.410. The van der Waals surface area contributed by atoms with Gasteiger partial charge in [0.2, 0.25) is 0 Å². The third-order valence-electron chi connectivity index (χ3n) is 0.809. The zero-order chi connectivity index (χ0) is 6.15.